The monoisotopic (exact) mass is 596 g/mol. The van der Waals surface area contributed by atoms with Gasteiger partial charge >= 0.3 is 6.18 Å². The van der Waals surface area contributed by atoms with Crippen LogP contribution in [0, 0.1) is 10.1 Å². The molecule has 1 aliphatic heterocycles. The number of benzene rings is 2. The molecule has 1 heterocycles. The minimum atomic E-state index is -4.98. The van der Waals surface area contributed by atoms with Crippen LogP contribution < -0.4 is 15.5 Å². The Morgan fingerprint density at radius 1 is 1.10 bits per heavy atom. The van der Waals surface area contributed by atoms with E-state index < -0.39 is 85.0 Å². The average molecular weight is 597 g/mol. The molecule has 11 nitrogen and oxygen atoms in total. The van der Waals surface area contributed by atoms with Crippen LogP contribution in [0.5, 0.6) is 0 Å². The van der Waals surface area contributed by atoms with E-state index in [1.165, 1.54) is 18.2 Å². The molecule has 2 N–H and O–H groups in total. The summed E-state index contributed by atoms with van der Waals surface area (Å²) in [6.45, 7) is 1.01. The molecule has 220 valence electrons. The van der Waals surface area contributed by atoms with Crippen LogP contribution in [-0.2, 0) is 30.4 Å². The maximum Gasteiger partial charge on any atom is 0.417 e. The summed E-state index contributed by atoms with van der Waals surface area (Å²) in [6.07, 6.45) is -4.04. The topological polar surface area (TPSA) is 156 Å². The quantitative estimate of drug-likeness (QED) is 0.241. The number of nitro benzene ring substituents is 1. The van der Waals surface area contributed by atoms with Gasteiger partial charge in [-0.15, -0.1) is 0 Å². The van der Waals surface area contributed by atoms with Crippen LogP contribution in [0.3, 0.4) is 0 Å². The van der Waals surface area contributed by atoms with Gasteiger partial charge in [0.05, 0.1) is 26.7 Å². The second-order valence-electron chi connectivity index (χ2n) is 9.89. The smallest absolute Gasteiger partial charge is 0.353 e. The Labute approximate surface area is 233 Å². The highest BCUT2D eigenvalue weighted by Crippen LogP contribution is 2.40. The van der Waals surface area contributed by atoms with Crippen LogP contribution in [0.1, 0.15) is 38.2 Å². The first kappa shape index (κ1) is 30.0. The van der Waals surface area contributed by atoms with E-state index >= 15 is 0 Å². The number of carbonyl (C=O) groups excluding carboxylic acids is 3. The number of amides is 2. The normalized spacial score (nSPS) is 19.9. The molecule has 41 heavy (non-hydrogen) atoms. The van der Waals surface area contributed by atoms with Crippen molar-refractivity contribution in [1.82, 2.24) is 10.6 Å². The number of nitro groups is 1. The van der Waals surface area contributed by atoms with Crippen molar-refractivity contribution in [2.24, 2.45) is 0 Å². The van der Waals surface area contributed by atoms with Gasteiger partial charge in [0, 0.05) is 18.7 Å². The Morgan fingerprint density at radius 2 is 1.73 bits per heavy atom. The minimum Gasteiger partial charge on any atom is -0.353 e. The molecule has 4 rings (SSSR count). The van der Waals surface area contributed by atoms with Crippen molar-refractivity contribution >= 4 is 38.8 Å². The maximum atomic E-state index is 13.7. The molecular formula is C26H27F3N4O7S. The molecule has 0 spiro atoms. The average Bonchev–Trinajstić information content (AvgIpc) is 3.63. The summed E-state index contributed by atoms with van der Waals surface area (Å²) in [5.74, 6) is -2.69. The van der Waals surface area contributed by atoms with Gasteiger partial charge in [-0.05, 0) is 43.9 Å². The lowest BCUT2D eigenvalue weighted by Crippen LogP contribution is -2.52. The number of sulfone groups is 1. The van der Waals surface area contributed by atoms with Crippen molar-refractivity contribution < 1.29 is 40.9 Å². The van der Waals surface area contributed by atoms with Gasteiger partial charge in [0.15, 0.2) is 9.84 Å². The number of anilines is 1. The number of Topliss-reactive ketones (excluding diaryl/α,β-unsaturated/α-hetero) is 1. The second-order valence-corrected chi connectivity index (χ2v) is 12.1. The third-order valence-electron chi connectivity index (χ3n) is 7.07. The van der Waals surface area contributed by atoms with E-state index in [-0.39, 0.29) is 18.2 Å². The number of para-hydroxylation sites is 2. The van der Waals surface area contributed by atoms with E-state index in [1.54, 1.807) is 6.92 Å². The molecule has 0 bridgehead atoms. The minimum absolute atomic E-state index is 0.0154. The van der Waals surface area contributed by atoms with E-state index in [9.17, 15) is 46.1 Å². The van der Waals surface area contributed by atoms with Gasteiger partial charge in [-0.2, -0.15) is 13.2 Å². The van der Waals surface area contributed by atoms with Crippen LogP contribution >= 0.6 is 0 Å². The number of carbonyl (C=O) groups is 3. The van der Waals surface area contributed by atoms with Gasteiger partial charge in [0.2, 0.25) is 11.7 Å². The fourth-order valence-corrected chi connectivity index (χ4v) is 6.70. The van der Waals surface area contributed by atoms with Crippen molar-refractivity contribution in [3.05, 3.63) is 64.2 Å². The fraction of sp³-hybridized carbons (Fsp3) is 0.423. The molecule has 2 fully saturated rings. The van der Waals surface area contributed by atoms with Crippen LogP contribution in [-0.4, -0.2) is 60.9 Å². The molecule has 1 aliphatic carbocycles. The van der Waals surface area contributed by atoms with E-state index in [1.807, 2.05) is 0 Å². The lowest BCUT2D eigenvalue weighted by molar-refractivity contribution is -0.384. The van der Waals surface area contributed by atoms with Crippen LogP contribution in [0.4, 0.5) is 24.5 Å². The molecule has 2 aromatic rings. The molecule has 2 amide bonds. The second kappa shape index (κ2) is 11.5. The van der Waals surface area contributed by atoms with E-state index in [0.717, 1.165) is 42.0 Å². The van der Waals surface area contributed by atoms with Gasteiger partial charge in [-0.1, -0.05) is 31.2 Å². The summed E-state index contributed by atoms with van der Waals surface area (Å²) >= 11 is 0. The Morgan fingerprint density at radius 3 is 2.34 bits per heavy atom. The maximum absolute atomic E-state index is 13.7. The third kappa shape index (κ3) is 6.34. The highest BCUT2D eigenvalue weighted by molar-refractivity contribution is 7.92. The van der Waals surface area contributed by atoms with Crippen molar-refractivity contribution in [2.45, 2.75) is 67.1 Å². The Bertz CT molecular complexity index is 1480. The summed E-state index contributed by atoms with van der Waals surface area (Å²) in [5, 5.41) is 15.2. The standard InChI is InChI=1S/C26H27F3N4O7S/c1-2-18(23(34)25(36)30-15-11-12-15)31-24(35)21-13-16(14-32(21)19-8-4-5-9-20(19)33(37)38)41(39,40)22-10-6-3-7-17(22)26(27,28)29/h3-10,15-16,18,21H,2,11-14H2,1H3,(H,30,36)(H,31,35)/t16-,18?,21+/m1/s1. The summed E-state index contributed by atoms with van der Waals surface area (Å²) in [5.41, 5.74) is -1.94. The number of ketones is 1. The molecule has 1 saturated heterocycles. The molecule has 1 unspecified atom stereocenters. The van der Waals surface area contributed by atoms with Gasteiger partial charge in [-0.3, -0.25) is 24.5 Å². The highest BCUT2D eigenvalue weighted by atomic mass is 32.2. The number of nitrogens with one attached hydrogen (secondary N) is 2. The Kier molecular flexibility index (Phi) is 8.38. The first-order valence-electron chi connectivity index (χ1n) is 12.8. The van der Waals surface area contributed by atoms with Crippen molar-refractivity contribution in [3.8, 4) is 0 Å². The number of rotatable bonds is 10. The lowest BCUT2D eigenvalue weighted by Gasteiger charge is -2.27. The van der Waals surface area contributed by atoms with Crippen molar-refractivity contribution in [2.75, 3.05) is 11.4 Å². The molecule has 3 atom stereocenters. The van der Waals surface area contributed by atoms with Gasteiger partial charge < -0.3 is 15.5 Å². The zero-order valence-electron chi connectivity index (χ0n) is 21.8. The third-order valence-corrected chi connectivity index (χ3v) is 9.26. The lowest BCUT2D eigenvalue weighted by atomic mass is 10.1. The first-order valence-corrected chi connectivity index (χ1v) is 14.4. The predicted octanol–water partition coefficient (Wildman–Crippen LogP) is 2.78. The fourth-order valence-electron chi connectivity index (χ4n) is 4.79. The van der Waals surface area contributed by atoms with Crippen molar-refractivity contribution in [3.63, 3.8) is 0 Å². The zero-order chi connectivity index (χ0) is 30.1. The van der Waals surface area contributed by atoms with E-state index in [2.05, 4.69) is 10.6 Å². The van der Waals surface area contributed by atoms with Crippen LogP contribution in [0.15, 0.2) is 53.4 Å². The number of hydrogen-bond acceptors (Lipinski definition) is 8. The van der Waals surface area contributed by atoms with Gasteiger partial charge in [0.1, 0.15) is 11.7 Å². The van der Waals surface area contributed by atoms with Crippen molar-refractivity contribution in [1.29, 1.82) is 0 Å². The summed E-state index contributed by atoms with van der Waals surface area (Å²) in [7, 11) is -4.71. The molecule has 15 heteroatoms. The molecule has 0 aromatic heterocycles. The number of halogens is 3. The zero-order valence-corrected chi connectivity index (χ0v) is 22.6. The Balaban J connectivity index is 1.69. The SMILES string of the molecule is CCC(NC(=O)[C@@H]1C[C@@H](S(=O)(=O)c2ccccc2C(F)(F)F)CN1c1ccccc1[N+](=O)[O-])C(=O)C(=O)NC1CC1. The summed E-state index contributed by atoms with van der Waals surface area (Å²) < 4.78 is 68.1. The van der Waals surface area contributed by atoms with Crippen LogP contribution in [0.2, 0.25) is 0 Å². The van der Waals surface area contributed by atoms with E-state index in [4.69, 9.17) is 0 Å². The predicted molar refractivity (Wildman–Crippen MR) is 140 cm³/mol. The van der Waals surface area contributed by atoms with Gasteiger partial charge in [-0.25, -0.2) is 8.42 Å². The number of hydrogen-bond donors (Lipinski definition) is 2. The van der Waals surface area contributed by atoms with E-state index in [0.29, 0.717) is 6.07 Å². The molecule has 0 radical (unpaired) electrons. The molecule has 1 saturated carbocycles. The molecule has 2 aromatic carbocycles. The Hall–Kier alpha value is -4.01. The van der Waals surface area contributed by atoms with Gasteiger partial charge in [0.25, 0.3) is 11.6 Å². The molecule has 2 aliphatic rings. The summed E-state index contributed by atoms with van der Waals surface area (Å²) in [6, 6.07) is 6.09. The number of nitrogens with zero attached hydrogens (tertiary/aromatic N) is 2. The first-order chi connectivity index (χ1) is 19.3. The largest absolute Gasteiger partial charge is 0.417 e. The highest BCUT2D eigenvalue weighted by Gasteiger charge is 2.48. The number of alkyl halides is 3. The summed E-state index contributed by atoms with van der Waals surface area (Å²) in [4.78, 5) is 49.7. The van der Waals surface area contributed by atoms with Crippen LogP contribution in [0.25, 0.3) is 0 Å². The molecular weight excluding hydrogens is 569 g/mol.